The molecule has 2 unspecified atom stereocenters. The smallest absolute Gasteiger partial charge is 0.550 e. The average Bonchev–Trinajstić information content (AvgIpc) is 2.96. The Morgan fingerprint density at radius 1 is 0.419 bits per heavy atom. The van der Waals surface area contributed by atoms with Crippen LogP contribution in [0, 0.1) is 0 Å². The molecule has 0 aliphatic carbocycles. The van der Waals surface area contributed by atoms with Gasteiger partial charge in [-0.15, -0.1) is 0 Å². The summed E-state index contributed by atoms with van der Waals surface area (Å²) in [5.41, 5.74) is 0. The normalized spacial score (nSPS) is 12.2. The fourth-order valence-corrected chi connectivity index (χ4v) is 5.30. The maximum Gasteiger partial charge on any atom is 2.00 e. The summed E-state index contributed by atoms with van der Waals surface area (Å²) >= 11 is 0. The predicted molar refractivity (Wildman–Crippen MR) is 172 cm³/mol. The van der Waals surface area contributed by atoms with Crippen molar-refractivity contribution in [2.24, 2.45) is 0 Å². The van der Waals surface area contributed by atoms with Crippen molar-refractivity contribution in [2.45, 2.75) is 219 Å². The minimum atomic E-state index is -0.921. The Balaban J connectivity index is -0.000000727. The van der Waals surface area contributed by atoms with E-state index >= 15 is 0 Å². The SMILES string of the molecule is CCCCC(O)CCCCCCCCCCCCC(=O)[O-].CCCCC(O)CCCCCCCCCCCCC(=O)[O-].[Cd+2]. The van der Waals surface area contributed by atoms with E-state index < -0.39 is 11.9 Å². The van der Waals surface area contributed by atoms with Crippen LogP contribution < -0.4 is 10.2 Å². The number of rotatable bonds is 32. The quantitative estimate of drug-likeness (QED) is 0.0540. The van der Waals surface area contributed by atoms with Crippen LogP contribution in [0.25, 0.3) is 0 Å². The maximum atomic E-state index is 10.2. The van der Waals surface area contributed by atoms with E-state index in [1.807, 2.05) is 0 Å². The van der Waals surface area contributed by atoms with Crippen LogP contribution in [-0.2, 0) is 36.9 Å². The largest absolute Gasteiger partial charge is 2.00 e. The molecule has 0 aromatic heterocycles. The van der Waals surface area contributed by atoms with Gasteiger partial charge < -0.3 is 30.0 Å². The molecule has 0 heterocycles. The average molecular weight is 711 g/mol. The summed E-state index contributed by atoms with van der Waals surface area (Å²) in [7, 11) is 0. The van der Waals surface area contributed by atoms with Gasteiger partial charge in [-0.25, -0.2) is 0 Å². The van der Waals surface area contributed by atoms with Crippen molar-refractivity contribution in [3.63, 3.8) is 0 Å². The Kier molecular flexibility index (Phi) is 43.7. The molecule has 0 amide bonds. The number of carbonyl (C=O) groups excluding carboxylic acids is 2. The third-order valence-electron chi connectivity index (χ3n) is 8.12. The number of hydrogen-bond acceptors (Lipinski definition) is 6. The number of aliphatic carboxylic acids is 2. The molecule has 0 aliphatic heterocycles. The van der Waals surface area contributed by atoms with E-state index in [0.717, 1.165) is 89.9 Å². The summed E-state index contributed by atoms with van der Waals surface area (Å²) in [5.74, 6) is -1.84. The molecule has 252 valence electrons. The van der Waals surface area contributed by atoms with Gasteiger partial charge in [-0.1, -0.05) is 155 Å². The number of carbonyl (C=O) groups is 2. The molecule has 6 nitrogen and oxygen atoms in total. The van der Waals surface area contributed by atoms with E-state index in [-0.39, 0.29) is 52.3 Å². The first-order valence-electron chi connectivity index (χ1n) is 18.1. The molecular formula is C36H70CdO6. The third-order valence-corrected chi connectivity index (χ3v) is 8.12. The van der Waals surface area contributed by atoms with E-state index in [2.05, 4.69) is 13.8 Å². The van der Waals surface area contributed by atoms with Crippen molar-refractivity contribution >= 4 is 11.9 Å². The van der Waals surface area contributed by atoms with Gasteiger partial charge in [-0.05, 0) is 51.4 Å². The summed E-state index contributed by atoms with van der Waals surface area (Å²) in [4.78, 5) is 20.5. The van der Waals surface area contributed by atoms with Crippen LogP contribution in [0.5, 0.6) is 0 Å². The fraction of sp³-hybridized carbons (Fsp3) is 0.944. The molecule has 2 N–H and O–H groups in total. The van der Waals surface area contributed by atoms with Crippen molar-refractivity contribution in [2.75, 3.05) is 0 Å². The van der Waals surface area contributed by atoms with Crippen LogP contribution in [0.15, 0.2) is 0 Å². The zero-order chi connectivity index (χ0) is 31.5. The van der Waals surface area contributed by atoms with Gasteiger partial charge in [0, 0.05) is 11.9 Å². The zero-order valence-corrected chi connectivity index (χ0v) is 32.6. The summed E-state index contributed by atoms with van der Waals surface area (Å²) in [5, 5.41) is 39.9. The molecule has 0 saturated heterocycles. The topological polar surface area (TPSA) is 121 Å². The van der Waals surface area contributed by atoms with E-state index in [9.17, 15) is 30.0 Å². The summed E-state index contributed by atoms with van der Waals surface area (Å²) < 4.78 is 0. The molecule has 0 spiro atoms. The molecule has 2 atom stereocenters. The molecule has 0 fully saturated rings. The minimum absolute atomic E-state index is 0. The molecule has 7 heteroatoms. The van der Waals surface area contributed by atoms with Crippen molar-refractivity contribution in [3.05, 3.63) is 0 Å². The van der Waals surface area contributed by atoms with Gasteiger partial charge in [0.2, 0.25) is 0 Å². The van der Waals surface area contributed by atoms with E-state index in [0.29, 0.717) is 0 Å². The number of unbranched alkanes of at least 4 members (excludes halogenated alkanes) is 20. The van der Waals surface area contributed by atoms with Crippen LogP contribution >= 0.6 is 0 Å². The molecule has 0 aromatic carbocycles. The maximum absolute atomic E-state index is 10.2. The molecule has 0 rings (SSSR count). The number of aliphatic hydroxyl groups excluding tert-OH is 2. The van der Waals surface area contributed by atoms with E-state index in [1.54, 1.807) is 0 Å². The van der Waals surface area contributed by atoms with Gasteiger partial charge in [-0.3, -0.25) is 0 Å². The van der Waals surface area contributed by atoms with Crippen LogP contribution in [0.3, 0.4) is 0 Å². The second kappa shape index (κ2) is 39.8. The van der Waals surface area contributed by atoms with Crippen molar-refractivity contribution in [3.8, 4) is 0 Å². The minimum Gasteiger partial charge on any atom is -0.550 e. The molecule has 0 aromatic rings. The molecule has 0 radical (unpaired) electrons. The fourth-order valence-electron chi connectivity index (χ4n) is 5.30. The Bertz CT molecular complexity index is 512. The van der Waals surface area contributed by atoms with Gasteiger partial charge in [0.05, 0.1) is 12.2 Å². The molecule has 0 aliphatic rings. The molecule has 0 saturated carbocycles. The third kappa shape index (κ3) is 46.3. The van der Waals surface area contributed by atoms with E-state index in [4.69, 9.17) is 0 Å². The summed E-state index contributed by atoms with van der Waals surface area (Å²) in [6.45, 7) is 4.33. The first-order valence-corrected chi connectivity index (χ1v) is 18.1. The van der Waals surface area contributed by atoms with Crippen molar-refractivity contribution in [1.82, 2.24) is 0 Å². The van der Waals surface area contributed by atoms with Gasteiger partial charge in [0.15, 0.2) is 0 Å². The summed E-state index contributed by atoms with van der Waals surface area (Å²) in [6.07, 6.45) is 32.2. The number of carboxylic acid groups (broad SMARTS) is 2. The number of carboxylic acids is 2. The molecular weight excluding hydrogens is 641 g/mol. The Morgan fingerprint density at radius 2 is 0.628 bits per heavy atom. The first-order chi connectivity index (χ1) is 20.3. The monoisotopic (exact) mass is 712 g/mol. The van der Waals surface area contributed by atoms with Gasteiger partial charge in [-0.2, -0.15) is 0 Å². The Labute approximate surface area is 286 Å². The van der Waals surface area contributed by atoms with Crippen molar-refractivity contribution in [1.29, 1.82) is 0 Å². The number of aliphatic hydroxyl groups is 2. The van der Waals surface area contributed by atoms with Crippen molar-refractivity contribution < 1.29 is 57.3 Å². The van der Waals surface area contributed by atoms with Crippen LogP contribution in [0.1, 0.15) is 206 Å². The van der Waals surface area contributed by atoms with Crippen LogP contribution in [-0.4, -0.2) is 34.4 Å². The number of hydrogen-bond donors (Lipinski definition) is 2. The standard InChI is InChI=1S/2C18H36O3.Cd/c2*1-2-3-14-17(19)15-12-10-8-6-4-5-7-9-11-13-16-18(20)21;/h2*17,19H,2-16H2,1H3,(H,20,21);/q;;+2/p-2. The van der Waals surface area contributed by atoms with Gasteiger partial charge in [0.1, 0.15) is 0 Å². The van der Waals surface area contributed by atoms with Gasteiger partial charge >= 0.3 is 27.3 Å². The first kappa shape index (κ1) is 47.2. The molecule has 43 heavy (non-hydrogen) atoms. The molecule has 0 bridgehead atoms. The van der Waals surface area contributed by atoms with Gasteiger partial charge in [0.25, 0.3) is 0 Å². The van der Waals surface area contributed by atoms with Crippen LogP contribution in [0.2, 0.25) is 0 Å². The zero-order valence-electron chi connectivity index (χ0n) is 28.6. The predicted octanol–water partition coefficient (Wildman–Crippen LogP) is 7.93. The second-order valence-corrected chi connectivity index (χ2v) is 12.5. The Morgan fingerprint density at radius 3 is 0.860 bits per heavy atom. The second-order valence-electron chi connectivity index (χ2n) is 12.5. The summed E-state index contributed by atoms with van der Waals surface area (Å²) in [6, 6.07) is 0. The Hall–Kier alpha value is -0.218. The van der Waals surface area contributed by atoms with E-state index in [1.165, 1.54) is 89.9 Å². The van der Waals surface area contributed by atoms with Crippen LogP contribution in [0.4, 0.5) is 0 Å².